The molecule has 0 saturated carbocycles. The van der Waals surface area contributed by atoms with Gasteiger partial charge in [-0.1, -0.05) is 23.4 Å². The fraction of sp³-hybridized carbons (Fsp3) is 0.118. The number of rotatable bonds is 4. The Labute approximate surface area is 175 Å². The molecule has 0 aliphatic carbocycles. The average Bonchev–Trinajstić information content (AvgIpc) is 3.06. The number of ether oxygens (including phenoxy) is 1. The molecule has 0 unspecified atom stereocenters. The van der Waals surface area contributed by atoms with Crippen LogP contribution >= 0.6 is 23.4 Å². The van der Waals surface area contributed by atoms with Crippen molar-refractivity contribution in [2.45, 2.75) is 10.1 Å². The number of halogens is 1. The molecule has 0 amide bonds. The highest BCUT2D eigenvalue weighted by atomic mass is 35.5. The second-order valence-corrected chi connectivity index (χ2v) is 8.53. The van der Waals surface area contributed by atoms with Gasteiger partial charge in [-0.05, 0) is 36.6 Å². The number of carbonyl (C=O) groups excluding carboxylic acids is 2. The van der Waals surface area contributed by atoms with Gasteiger partial charge in [-0.25, -0.2) is 23.3 Å². The van der Waals surface area contributed by atoms with Crippen molar-refractivity contribution in [1.29, 1.82) is 0 Å². The van der Waals surface area contributed by atoms with Gasteiger partial charge in [0.1, 0.15) is 10.4 Å². The van der Waals surface area contributed by atoms with E-state index in [1.807, 2.05) is 0 Å². The number of nitrogens with two attached hydrogens (primary N) is 2. The van der Waals surface area contributed by atoms with Crippen LogP contribution in [-0.2, 0) is 14.8 Å². The Morgan fingerprint density at radius 2 is 1.93 bits per heavy atom. The molecule has 0 atom stereocenters. The fourth-order valence-electron chi connectivity index (χ4n) is 2.75. The third-order valence-electron chi connectivity index (χ3n) is 4.11. The SMILES string of the molecule is COC(=O)c1ccc2c(nc(SC)n2C(=O)c2ccc(Cl)c(S(N)(=O)=O)c2)c1N. The molecule has 29 heavy (non-hydrogen) atoms. The quantitative estimate of drug-likeness (QED) is 0.346. The van der Waals surface area contributed by atoms with E-state index in [-0.39, 0.29) is 32.2 Å². The summed E-state index contributed by atoms with van der Waals surface area (Å²) in [6.07, 6.45) is 1.71. The maximum atomic E-state index is 13.2. The summed E-state index contributed by atoms with van der Waals surface area (Å²) in [5.74, 6) is -1.20. The first-order valence-corrected chi connectivity index (χ1v) is 11.0. The van der Waals surface area contributed by atoms with E-state index < -0.39 is 21.9 Å². The number of aromatic nitrogens is 2. The highest BCUT2D eigenvalue weighted by molar-refractivity contribution is 7.98. The Balaban J connectivity index is 2.23. The summed E-state index contributed by atoms with van der Waals surface area (Å²) in [4.78, 5) is 29.0. The topological polar surface area (TPSA) is 147 Å². The van der Waals surface area contributed by atoms with Crippen LogP contribution < -0.4 is 10.9 Å². The molecule has 0 radical (unpaired) electrons. The van der Waals surface area contributed by atoms with E-state index in [1.54, 1.807) is 6.26 Å². The van der Waals surface area contributed by atoms with Crippen molar-refractivity contribution in [3.8, 4) is 0 Å². The predicted molar refractivity (Wildman–Crippen MR) is 110 cm³/mol. The molecule has 9 nitrogen and oxygen atoms in total. The molecule has 0 aliphatic heterocycles. The molecular weight excluding hydrogens is 440 g/mol. The molecule has 0 aliphatic rings. The number of fused-ring (bicyclic) bond motifs is 1. The van der Waals surface area contributed by atoms with Crippen molar-refractivity contribution in [3.05, 3.63) is 46.5 Å². The average molecular weight is 455 g/mol. The summed E-state index contributed by atoms with van der Waals surface area (Å²) < 4.78 is 29.4. The molecule has 152 valence electrons. The number of imidazole rings is 1. The Morgan fingerprint density at radius 3 is 2.52 bits per heavy atom. The minimum Gasteiger partial charge on any atom is -0.465 e. The van der Waals surface area contributed by atoms with Gasteiger partial charge in [-0.15, -0.1) is 0 Å². The molecule has 3 rings (SSSR count). The Bertz CT molecular complexity index is 1270. The largest absolute Gasteiger partial charge is 0.465 e. The van der Waals surface area contributed by atoms with Gasteiger partial charge in [0.2, 0.25) is 10.0 Å². The summed E-state index contributed by atoms with van der Waals surface area (Å²) in [5, 5.41) is 5.36. The number of esters is 1. The van der Waals surface area contributed by atoms with E-state index >= 15 is 0 Å². The van der Waals surface area contributed by atoms with Crippen LogP contribution in [0.2, 0.25) is 5.02 Å². The third kappa shape index (κ3) is 3.69. The first kappa shape index (κ1) is 21.1. The molecule has 0 bridgehead atoms. The molecule has 1 heterocycles. The van der Waals surface area contributed by atoms with E-state index in [1.165, 1.54) is 47.7 Å². The zero-order chi connectivity index (χ0) is 21.5. The molecule has 4 N–H and O–H groups in total. The number of methoxy groups -OCH3 is 1. The number of carbonyl (C=O) groups is 2. The maximum Gasteiger partial charge on any atom is 0.340 e. The van der Waals surface area contributed by atoms with Crippen LogP contribution in [-0.4, -0.2) is 43.2 Å². The van der Waals surface area contributed by atoms with E-state index in [0.717, 1.165) is 6.07 Å². The number of hydrogen-bond acceptors (Lipinski definition) is 8. The molecule has 3 aromatic rings. The second-order valence-electron chi connectivity index (χ2n) is 5.82. The summed E-state index contributed by atoms with van der Waals surface area (Å²) >= 11 is 7.07. The minimum absolute atomic E-state index is 0.0311. The lowest BCUT2D eigenvalue weighted by Crippen LogP contribution is -2.17. The summed E-state index contributed by atoms with van der Waals surface area (Å²) in [6, 6.07) is 6.69. The smallest absolute Gasteiger partial charge is 0.340 e. The number of sulfonamides is 1. The van der Waals surface area contributed by atoms with E-state index in [4.69, 9.17) is 27.2 Å². The molecule has 12 heteroatoms. The maximum absolute atomic E-state index is 13.2. The number of thioether (sulfide) groups is 1. The van der Waals surface area contributed by atoms with Gasteiger partial charge in [0, 0.05) is 5.56 Å². The summed E-state index contributed by atoms with van der Waals surface area (Å²) in [5.41, 5.74) is 6.86. The highest BCUT2D eigenvalue weighted by Gasteiger charge is 2.24. The van der Waals surface area contributed by atoms with Crippen LogP contribution in [0.5, 0.6) is 0 Å². The lowest BCUT2D eigenvalue weighted by atomic mass is 10.1. The number of benzene rings is 2. The van der Waals surface area contributed by atoms with Crippen molar-refractivity contribution < 1.29 is 22.7 Å². The van der Waals surface area contributed by atoms with Crippen LogP contribution in [0.1, 0.15) is 20.7 Å². The van der Waals surface area contributed by atoms with Gasteiger partial charge < -0.3 is 10.5 Å². The van der Waals surface area contributed by atoms with E-state index in [9.17, 15) is 18.0 Å². The van der Waals surface area contributed by atoms with Crippen LogP contribution in [0.4, 0.5) is 5.69 Å². The Morgan fingerprint density at radius 1 is 1.24 bits per heavy atom. The molecule has 0 saturated heterocycles. The van der Waals surface area contributed by atoms with Gasteiger partial charge >= 0.3 is 5.97 Å². The van der Waals surface area contributed by atoms with Gasteiger partial charge in [0.05, 0.1) is 28.9 Å². The van der Waals surface area contributed by atoms with Gasteiger partial charge in [-0.3, -0.25) is 9.36 Å². The van der Waals surface area contributed by atoms with E-state index in [0.29, 0.717) is 10.7 Å². The summed E-state index contributed by atoms with van der Waals surface area (Å²) in [6.45, 7) is 0. The van der Waals surface area contributed by atoms with Gasteiger partial charge in [-0.2, -0.15) is 0 Å². The zero-order valence-electron chi connectivity index (χ0n) is 15.2. The minimum atomic E-state index is -4.13. The predicted octanol–water partition coefficient (Wildman–Crippen LogP) is 2.12. The molecular formula is C17H15ClN4O5S2. The first-order chi connectivity index (χ1) is 13.6. The van der Waals surface area contributed by atoms with Crippen molar-refractivity contribution in [1.82, 2.24) is 9.55 Å². The Kier molecular flexibility index (Phi) is 5.59. The fourth-order valence-corrected chi connectivity index (χ4v) is 4.37. The van der Waals surface area contributed by atoms with Crippen molar-refractivity contribution >= 4 is 62.0 Å². The molecule has 0 spiro atoms. The third-order valence-corrected chi connectivity index (χ3v) is 6.14. The van der Waals surface area contributed by atoms with Gasteiger partial charge in [0.25, 0.3) is 5.91 Å². The van der Waals surface area contributed by atoms with Crippen LogP contribution in [0, 0.1) is 0 Å². The molecule has 0 fully saturated rings. The molecule has 2 aromatic carbocycles. The molecule has 1 aromatic heterocycles. The first-order valence-electron chi connectivity index (χ1n) is 7.90. The standard InChI is InChI=1S/C17H15ClN4O5S2/c1-27-16(24)9-4-6-11-14(13(9)19)21-17(28-2)22(11)15(23)8-3-5-10(18)12(7-8)29(20,25)26/h3-7H,19H2,1-2H3,(H2,20,25,26). The van der Waals surface area contributed by atoms with Gasteiger partial charge in [0.15, 0.2) is 5.16 Å². The van der Waals surface area contributed by atoms with Crippen molar-refractivity contribution in [2.24, 2.45) is 5.14 Å². The van der Waals surface area contributed by atoms with E-state index in [2.05, 4.69) is 4.98 Å². The zero-order valence-corrected chi connectivity index (χ0v) is 17.6. The number of nitrogens with zero attached hydrogens (tertiary/aromatic N) is 2. The summed E-state index contributed by atoms with van der Waals surface area (Å²) in [7, 11) is -2.90. The Hall–Kier alpha value is -2.60. The number of anilines is 1. The number of primary sulfonamides is 1. The number of hydrogen-bond donors (Lipinski definition) is 2. The second kappa shape index (κ2) is 7.67. The lowest BCUT2D eigenvalue weighted by molar-refractivity contribution is 0.0602. The highest BCUT2D eigenvalue weighted by Crippen LogP contribution is 2.31. The van der Waals surface area contributed by atoms with Crippen LogP contribution in [0.15, 0.2) is 40.4 Å². The number of nitrogen functional groups attached to an aromatic ring is 1. The van der Waals surface area contributed by atoms with Crippen molar-refractivity contribution in [2.75, 3.05) is 19.1 Å². The lowest BCUT2D eigenvalue weighted by Gasteiger charge is -2.09. The van der Waals surface area contributed by atoms with Crippen LogP contribution in [0.3, 0.4) is 0 Å². The normalized spacial score (nSPS) is 11.6. The monoisotopic (exact) mass is 454 g/mol. The van der Waals surface area contributed by atoms with Crippen molar-refractivity contribution in [3.63, 3.8) is 0 Å². The van der Waals surface area contributed by atoms with Crippen LogP contribution in [0.25, 0.3) is 11.0 Å².